The molecule has 1 atom stereocenters. The molecule has 25 heavy (non-hydrogen) atoms. The van der Waals surface area contributed by atoms with Crippen LogP contribution in [0.2, 0.25) is 0 Å². The quantitative estimate of drug-likeness (QED) is 0.906. The van der Waals surface area contributed by atoms with Gasteiger partial charge < -0.3 is 24.3 Å². The van der Waals surface area contributed by atoms with E-state index in [-0.39, 0.29) is 11.8 Å². The molecule has 1 amide bonds. The smallest absolute Gasteiger partial charge is 0.265 e. The Morgan fingerprint density at radius 2 is 2.16 bits per heavy atom. The molecule has 1 N–H and O–H groups in total. The maximum Gasteiger partial charge on any atom is 0.265 e. The third kappa shape index (κ3) is 3.11. The highest BCUT2D eigenvalue weighted by Gasteiger charge is 2.26. The van der Waals surface area contributed by atoms with Crippen LogP contribution in [0.15, 0.2) is 23.6 Å². The number of hydrogen-bond donors (Lipinski definition) is 1. The summed E-state index contributed by atoms with van der Waals surface area (Å²) in [6.45, 7) is 2.09. The SMILES string of the molecule is COc1cccc2c1OCC(CNC(=O)c1scc3c1OCCO3)C2. The number of fused-ring (bicyclic) bond motifs is 2. The second-order valence-corrected chi connectivity index (χ2v) is 6.87. The van der Waals surface area contributed by atoms with Crippen LogP contribution < -0.4 is 24.3 Å². The maximum absolute atomic E-state index is 12.5. The molecule has 0 saturated heterocycles. The van der Waals surface area contributed by atoms with Gasteiger partial charge in [0.05, 0.1) is 13.7 Å². The lowest BCUT2D eigenvalue weighted by atomic mass is 9.96. The van der Waals surface area contributed by atoms with Gasteiger partial charge in [0.15, 0.2) is 23.0 Å². The number of para-hydroxylation sites is 1. The van der Waals surface area contributed by atoms with E-state index in [1.165, 1.54) is 11.3 Å². The van der Waals surface area contributed by atoms with E-state index in [2.05, 4.69) is 5.32 Å². The van der Waals surface area contributed by atoms with E-state index in [1.54, 1.807) is 7.11 Å². The largest absolute Gasteiger partial charge is 0.493 e. The van der Waals surface area contributed by atoms with Crippen molar-refractivity contribution in [1.29, 1.82) is 0 Å². The van der Waals surface area contributed by atoms with Gasteiger partial charge in [0.1, 0.15) is 18.1 Å². The topological polar surface area (TPSA) is 66.0 Å². The predicted octanol–water partition coefficient (Wildman–Crippen LogP) is 2.51. The van der Waals surface area contributed by atoms with Crippen LogP contribution in [0.25, 0.3) is 0 Å². The van der Waals surface area contributed by atoms with Crippen molar-refractivity contribution >= 4 is 17.2 Å². The summed E-state index contributed by atoms with van der Waals surface area (Å²) in [7, 11) is 1.64. The van der Waals surface area contributed by atoms with Crippen molar-refractivity contribution in [2.75, 3.05) is 33.5 Å². The Bertz CT molecular complexity index is 788. The van der Waals surface area contributed by atoms with Gasteiger partial charge in [0.25, 0.3) is 5.91 Å². The van der Waals surface area contributed by atoms with Crippen LogP contribution in [-0.4, -0.2) is 39.4 Å². The van der Waals surface area contributed by atoms with Crippen molar-refractivity contribution in [2.45, 2.75) is 6.42 Å². The fourth-order valence-corrected chi connectivity index (χ4v) is 3.93. The Hall–Kier alpha value is -2.41. The van der Waals surface area contributed by atoms with Gasteiger partial charge in [-0.25, -0.2) is 0 Å². The molecular formula is C18H19NO5S. The van der Waals surface area contributed by atoms with E-state index in [1.807, 2.05) is 23.6 Å². The molecule has 132 valence electrons. The summed E-state index contributed by atoms with van der Waals surface area (Å²) in [5, 5.41) is 4.80. The van der Waals surface area contributed by atoms with Crippen LogP contribution >= 0.6 is 11.3 Å². The van der Waals surface area contributed by atoms with Gasteiger partial charge >= 0.3 is 0 Å². The molecule has 4 rings (SSSR count). The Morgan fingerprint density at radius 3 is 3.04 bits per heavy atom. The molecule has 1 unspecified atom stereocenters. The van der Waals surface area contributed by atoms with Gasteiger partial charge in [-0.05, 0) is 18.1 Å². The summed E-state index contributed by atoms with van der Waals surface area (Å²) < 4.78 is 22.2. The molecule has 0 bridgehead atoms. The van der Waals surface area contributed by atoms with Crippen molar-refractivity contribution in [3.05, 3.63) is 34.0 Å². The van der Waals surface area contributed by atoms with Crippen molar-refractivity contribution < 1.29 is 23.7 Å². The number of thiophene rings is 1. The zero-order valence-corrected chi connectivity index (χ0v) is 14.7. The number of carbonyl (C=O) groups excluding carboxylic acids is 1. The van der Waals surface area contributed by atoms with E-state index in [4.69, 9.17) is 18.9 Å². The van der Waals surface area contributed by atoms with Gasteiger partial charge in [-0.2, -0.15) is 0 Å². The number of amides is 1. The summed E-state index contributed by atoms with van der Waals surface area (Å²) in [6.07, 6.45) is 0.842. The van der Waals surface area contributed by atoms with Crippen molar-refractivity contribution in [3.8, 4) is 23.0 Å². The highest BCUT2D eigenvalue weighted by molar-refractivity contribution is 7.12. The summed E-state index contributed by atoms with van der Waals surface area (Å²) >= 11 is 1.34. The summed E-state index contributed by atoms with van der Waals surface area (Å²) in [5.74, 6) is 2.87. The Morgan fingerprint density at radius 1 is 1.28 bits per heavy atom. The van der Waals surface area contributed by atoms with E-state index < -0.39 is 0 Å². The molecule has 3 heterocycles. The molecular weight excluding hydrogens is 342 g/mol. The minimum absolute atomic E-state index is 0.131. The van der Waals surface area contributed by atoms with Gasteiger partial charge in [0, 0.05) is 17.8 Å². The highest BCUT2D eigenvalue weighted by atomic mass is 32.1. The number of ether oxygens (including phenoxy) is 4. The Balaban J connectivity index is 1.39. The molecule has 7 heteroatoms. The molecule has 0 fully saturated rings. The van der Waals surface area contributed by atoms with Crippen LogP contribution in [0.5, 0.6) is 23.0 Å². The lowest BCUT2D eigenvalue weighted by Crippen LogP contribution is -2.34. The van der Waals surface area contributed by atoms with Gasteiger partial charge in [-0.15, -0.1) is 11.3 Å². The second kappa shape index (κ2) is 6.84. The van der Waals surface area contributed by atoms with E-state index in [0.29, 0.717) is 42.7 Å². The lowest BCUT2D eigenvalue weighted by molar-refractivity contribution is 0.0933. The molecule has 0 spiro atoms. The molecule has 2 aliphatic heterocycles. The molecule has 0 saturated carbocycles. The van der Waals surface area contributed by atoms with E-state index in [0.717, 1.165) is 23.5 Å². The van der Waals surface area contributed by atoms with Crippen LogP contribution in [0.3, 0.4) is 0 Å². The molecule has 0 aliphatic carbocycles. The number of hydrogen-bond acceptors (Lipinski definition) is 6. The van der Waals surface area contributed by atoms with Crippen molar-refractivity contribution in [1.82, 2.24) is 5.32 Å². The van der Waals surface area contributed by atoms with Gasteiger partial charge in [-0.3, -0.25) is 4.79 Å². The van der Waals surface area contributed by atoms with Crippen LogP contribution in [0.1, 0.15) is 15.2 Å². The van der Waals surface area contributed by atoms with Gasteiger partial charge in [0.2, 0.25) is 0 Å². The van der Waals surface area contributed by atoms with Gasteiger partial charge in [-0.1, -0.05) is 12.1 Å². The van der Waals surface area contributed by atoms with E-state index >= 15 is 0 Å². The van der Waals surface area contributed by atoms with Crippen molar-refractivity contribution in [2.24, 2.45) is 5.92 Å². The molecule has 0 radical (unpaired) electrons. The van der Waals surface area contributed by atoms with Crippen LogP contribution in [0.4, 0.5) is 0 Å². The first-order valence-electron chi connectivity index (χ1n) is 8.20. The number of carbonyl (C=O) groups is 1. The summed E-state index contributed by atoms with van der Waals surface area (Å²) in [5.41, 5.74) is 1.11. The number of nitrogens with one attached hydrogen (secondary N) is 1. The first-order valence-corrected chi connectivity index (χ1v) is 9.08. The van der Waals surface area contributed by atoms with Crippen LogP contribution in [0, 0.1) is 5.92 Å². The Labute approximate surface area is 149 Å². The molecule has 1 aromatic heterocycles. The second-order valence-electron chi connectivity index (χ2n) is 5.99. The number of rotatable bonds is 4. The van der Waals surface area contributed by atoms with E-state index in [9.17, 15) is 4.79 Å². The lowest BCUT2D eigenvalue weighted by Gasteiger charge is -2.26. The third-order valence-electron chi connectivity index (χ3n) is 4.31. The monoisotopic (exact) mass is 361 g/mol. The molecule has 2 aromatic rings. The fraction of sp³-hybridized carbons (Fsp3) is 0.389. The summed E-state index contributed by atoms with van der Waals surface area (Å²) in [6, 6.07) is 5.88. The highest BCUT2D eigenvalue weighted by Crippen LogP contribution is 2.39. The van der Waals surface area contributed by atoms with Crippen LogP contribution in [-0.2, 0) is 6.42 Å². The normalized spacial score (nSPS) is 18.0. The standard InChI is InChI=1S/C18H19NO5S/c1-21-13-4-2-3-12-7-11(9-24-15(12)13)8-19-18(20)17-16-14(10-25-17)22-5-6-23-16/h2-4,10-11H,5-9H2,1H3,(H,19,20). The molecule has 2 aliphatic rings. The average molecular weight is 361 g/mol. The summed E-state index contributed by atoms with van der Waals surface area (Å²) in [4.78, 5) is 13.0. The maximum atomic E-state index is 12.5. The zero-order valence-electron chi connectivity index (χ0n) is 13.9. The first-order chi connectivity index (χ1) is 12.3. The fourth-order valence-electron chi connectivity index (χ4n) is 3.09. The number of methoxy groups -OCH3 is 1. The number of benzene rings is 1. The zero-order chi connectivity index (χ0) is 17.2. The minimum Gasteiger partial charge on any atom is -0.493 e. The molecule has 1 aromatic carbocycles. The van der Waals surface area contributed by atoms with Crippen molar-refractivity contribution in [3.63, 3.8) is 0 Å². The molecule has 6 nitrogen and oxygen atoms in total. The Kier molecular flexibility index (Phi) is 4.40. The third-order valence-corrected chi connectivity index (χ3v) is 5.25. The minimum atomic E-state index is -0.131. The average Bonchev–Trinajstić information content (AvgIpc) is 3.09. The first kappa shape index (κ1) is 16.1. The predicted molar refractivity (Wildman–Crippen MR) is 93.3 cm³/mol.